The standard InChI is InChI=1S/C24H26N2O2/c1-24(15-25,13-16-5-4-6-17(11-16)14-27)18-9-10-20-19-7-2-3-8-21(19)23(28)26-22(20)12-18/h5,9-12,27H,2-4,6-8,13-14H2,1H3,(H,26,28). The summed E-state index contributed by atoms with van der Waals surface area (Å²) in [5.41, 5.74) is 5.30. The molecule has 0 saturated carbocycles. The Kier molecular flexibility index (Phi) is 4.95. The van der Waals surface area contributed by atoms with Gasteiger partial charge in [0.05, 0.1) is 18.1 Å². The number of nitriles is 1. The molecule has 28 heavy (non-hydrogen) atoms. The molecule has 1 unspecified atom stereocenters. The first-order valence-corrected chi connectivity index (χ1v) is 10.1. The molecule has 144 valence electrons. The van der Waals surface area contributed by atoms with Gasteiger partial charge in [-0.05, 0) is 74.6 Å². The van der Waals surface area contributed by atoms with E-state index in [2.05, 4.69) is 23.2 Å². The van der Waals surface area contributed by atoms with Gasteiger partial charge in [-0.15, -0.1) is 0 Å². The summed E-state index contributed by atoms with van der Waals surface area (Å²) >= 11 is 0. The fourth-order valence-corrected chi connectivity index (χ4v) is 4.60. The van der Waals surface area contributed by atoms with E-state index in [1.165, 1.54) is 5.56 Å². The first-order chi connectivity index (χ1) is 13.5. The summed E-state index contributed by atoms with van der Waals surface area (Å²) in [5, 5.41) is 20.5. The number of aromatic amines is 1. The number of benzene rings is 1. The van der Waals surface area contributed by atoms with Gasteiger partial charge in [0.2, 0.25) is 0 Å². The van der Waals surface area contributed by atoms with E-state index < -0.39 is 5.41 Å². The Morgan fingerprint density at radius 2 is 2.00 bits per heavy atom. The largest absolute Gasteiger partial charge is 0.392 e. The third-order valence-electron chi connectivity index (χ3n) is 6.24. The molecule has 2 N–H and O–H groups in total. The van der Waals surface area contributed by atoms with Crippen molar-refractivity contribution in [2.24, 2.45) is 0 Å². The van der Waals surface area contributed by atoms with Crippen molar-refractivity contribution in [2.75, 3.05) is 6.61 Å². The molecule has 0 saturated heterocycles. The second-order valence-electron chi connectivity index (χ2n) is 8.28. The van der Waals surface area contributed by atoms with Gasteiger partial charge in [0.1, 0.15) is 0 Å². The molecular weight excluding hydrogens is 348 g/mol. The van der Waals surface area contributed by atoms with Gasteiger partial charge in [-0.3, -0.25) is 4.79 Å². The second-order valence-corrected chi connectivity index (χ2v) is 8.28. The number of H-pyrrole nitrogens is 1. The van der Waals surface area contributed by atoms with Gasteiger partial charge in [-0.2, -0.15) is 5.26 Å². The minimum atomic E-state index is -0.693. The first kappa shape index (κ1) is 18.7. The minimum Gasteiger partial charge on any atom is -0.392 e. The van der Waals surface area contributed by atoms with Gasteiger partial charge in [0.25, 0.3) is 5.56 Å². The predicted octanol–water partition coefficient (Wildman–Crippen LogP) is 4.22. The number of nitrogens with zero attached hydrogens (tertiary/aromatic N) is 1. The smallest absolute Gasteiger partial charge is 0.251 e. The van der Waals surface area contributed by atoms with Crippen LogP contribution < -0.4 is 5.56 Å². The van der Waals surface area contributed by atoms with Crippen molar-refractivity contribution in [1.82, 2.24) is 4.98 Å². The van der Waals surface area contributed by atoms with Crippen LogP contribution in [0.2, 0.25) is 0 Å². The molecule has 4 nitrogen and oxygen atoms in total. The normalized spacial score (nSPS) is 18.6. The van der Waals surface area contributed by atoms with Crippen LogP contribution in [0.3, 0.4) is 0 Å². The maximum atomic E-state index is 12.5. The molecule has 2 aliphatic rings. The summed E-state index contributed by atoms with van der Waals surface area (Å²) in [6.45, 7) is 2.02. The molecule has 4 rings (SSSR count). The van der Waals surface area contributed by atoms with Gasteiger partial charge in [-0.25, -0.2) is 0 Å². The fraction of sp³-hybridized carbons (Fsp3) is 0.417. The monoisotopic (exact) mass is 374 g/mol. The number of aliphatic hydroxyl groups is 1. The van der Waals surface area contributed by atoms with Gasteiger partial charge >= 0.3 is 0 Å². The molecule has 0 fully saturated rings. The maximum Gasteiger partial charge on any atom is 0.251 e. The van der Waals surface area contributed by atoms with E-state index in [-0.39, 0.29) is 12.2 Å². The number of allylic oxidation sites excluding steroid dienone is 3. The summed E-state index contributed by atoms with van der Waals surface area (Å²) in [6, 6.07) is 8.59. The molecular formula is C24H26N2O2. The molecule has 4 heteroatoms. The molecule has 0 spiro atoms. The molecule has 1 atom stereocenters. The van der Waals surface area contributed by atoms with Crippen LogP contribution in [0, 0.1) is 11.3 Å². The summed E-state index contributed by atoms with van der Waals surface area (Å²) in [7, 11) is 0. The zero-order valence-electron chi connectivity index (χ0n) is 16.3. The third-order valence-corrected chi connectivity index (χ3v) is 6.24. The molecule has 1 aromatic heterocycles. The number of hydrogen-bond donors (Lipinski definition) is 2. The number of aliphatic hydroxyl groups excluding tert-OH is 1. The maximum absolute atomic E-state index is 12.5. The molecule has 2 aromatic rings. The van der Waals surface area contributed by atoms with Crippen LogP contribution in [-0.4, -0.2) is 16.7 Å². The Morgan fingerprint density at radius 1 is 1.21 bits per heavy atom. The van der Waals surface area contributed by atoms with E-state index in [0.717, 1.165) is 71.7 Å². The number of aryl methyl sites for hydroxylation is 1. The summed E-state index contributed by atoms with van der Waals surface area (Å²) in [4.78, 5) is 15.6. The van der Waals surface area contributed by atoms with Crippen LogP contribution in [0.1, 0.15) is 55.7 Å². The molecule has 2 aliphatic carbocycles. The van der Waals surface area contributed by atoms with E-state index in [0.29, 0.717) is 6.42 Å². The molecule has 1 heterocycles. The predicted molar refractivity (Wildman–Crippen MR) is 111 cm³/mol. The molecule has 0 amide bonds. The van der Waals surface area contributed by atoms with Crippen LogP contribution in [0.25, 0.3) is 10.9 Å². The van der Waals surface area contributed by atoms with E-state index in [1.54, 1.807) is 0 Å². The number of nitrogens with one attached hydrogen (secondary N) is 1. The van der Waals surface area contributed by atoms with E-state index in [9.17, 15) is 15.2 Å². The van der Waals surface area contributed by atoms with Crippen molar-refractivity contribution in [3.8, 4) is 6.07 Å². The quantitative estimate of drug-likeness (QED) is 0.841. The van der Waals surface area contributed by atoms with E-state index >= 15 is 0 Å². The Labute approximate surface area is 165 Å². The lowest BCUT2D eigenvalue weighted by Gasteiger charge is -2.25. The number of rotatable bonds is 4. The molecule has 0 radical (unpaired) electrons. The lowest BCUT2D eigenvalue weighted by Crippen LogP contribution is -2.22. The van der Waals surface area contributed by atoms with Gasteiger partial charge in [-0.1, -0.05) is 29.9 Å². The average Bonchev–Trinajstić information content (AvgIpc) is 2.73. The zero-order valence-corrected chi connectivity index (χ0v) is 16.3. The molecule has 0 bridgehead atoms. The van der Waals surface area contributed by atoms with Crippen LogP contribution in [-0.2, 0) is 18.3 Å². The van der Waals surface area contributed by atoms with Crippen molar-refractivity contribution in [2.45, 2.75) is 57.3 Å². The van der Waals surface area contributed by atoms with Gasteiger partial charge in [0, 0.05) is 16.5 Å². The topological polar surface area (TPSA) is 76.9 Å². The van der Waals surface area contributed by atoms with Crippen LogP contribution >= 0.6 is 0 Å². The van der Waals surface area contributed by atoms with Crippen LogP contribution in [0.15, 0.2) is 46.3 Å². The highest BCUT2D eigenvalue weighted by Gasteiger charge is 2.29. The minimum absolute atomic E-state index is 0.0171. The third kappa shape index (κ3) is 3.31. The Hall–Kier alpha value is -2.64. The summed E-state index contributed by atoms with van der Waals surface area (Å²) < 4.78 is 0. The number of pyridine rings is 1. The first-order valence-electron chi connectivity index (χ1n) is 10.1. The second kappa shape index (κ2) is 7.41. The van der Waals surface area contributed by atoms with Gasteiger partial charge < -0.3 is 10.1 Å². The Balaban J connectivity index is 1.75. The summed E-state index contributed by atoms with van der Waals surface area (Å²) in [6.07, 6.45) is 10.6. The van der Waals surface area contributed by atoms with Crippen molar-refractivity contribution in [3.63, 3.8) is 0 Å². The van der Waals surface area contributed by atoms with E-state index in [4.69, 9.17) is 0 Å². The number of fused-ring (bicyclic) bond motifs is 3. The SMILES string of the molecule is CC(C#N)(CC1=CCCC(CO)=C1)c1ccc2c3c(c(=O)[nH]c2c1)CCCC3. The highest BCUT2D eigenvalue weighted by Crippen LogP contribution is 2.35. The highest BCUT2D eigenvalue weighted by atomic mass is 16.3. The lowest BCUT2D eigenvalue weighted by atomic mass is 9.76. The Morgan fingerprint density at radius 3 is 2.75 bits per heavy atom. The number of hydrogen-bond acceptors (Lipinski definition) is 3. The average molecular weight is 374 g/mol. The zero-order chi connectivity index (χ0) is 19.7. The van der Waals surface area contributed by atoms with E-state index in [1.807, 2.05) is 25.1 Å². The molecule has 0 aliphatic heterocycles. The van der Waals surface area contributed by atoms with Crippen molar-refractivity contribution in [3.05, 3.63) is 68.5 Å². The summed E-state index contributed by atoms with van der Waals surface area (Å²) in [5.74, 6) is 0. The van der Waals surface area contributed by atoms with Crippen LogP contribution in [0.5, 0.6) is 0 Å². The van der Waals surface area contributed by atoms with Crippen LogP contribution in [0.4, 0.5) is 0 Å². The number of aromatic nitrogens is 1. The van der Waals surface area contributed by atoms with Crippen molar-refractivity contribution >= 4 is 10.9 Å². The Bertz CT molecular complexity index is 1080. The lowest BCUT2D eigenvalue weighted by molar-refractivity contribution is 0.326. The molecule has 1 aromatic carbocycles. The van der Waals surface area contributed by atoms with Gasteiger partial charge in [0.15, 0.2) is 0 Å². The van der Waals surface area contributed by atoms with Crippen molar-refractivity contribution in [1.29, 1.82) is 5.26 Å². The highest BCUT2D eigenvalue weighted by molar-refractivity contribution is 5.84. The van der Waals surface area contributed by atoms with Crippen molar-refractivity contribution < 1.29 is 5.11 Å². The fourth-order valence-electron chi connectivity index (χ4n) is 4.60.